The summed E-state index contributed by atoms with van der Waals surface area (Å²) < 4.78 is 13.0. The van der Waals surface area contributed by atoms with Crippen molar-refractivity contribution in [3.8, 4) is 0 Å². The van der Waals surface area contributed by atoms with Crippen LogP contribution in [0.5, 0.6) is 0 Å². The number of hydrogen-bond donors (Lipinski definition) is 0. The monoisotopic (exact) mass is 249 g/mol. The summed E-state index contributed by atoms with van der Waals surface area (Å²) in [6.07, 6.45) is 6.14. The lowest BCUT2D eigenvalue weighted by atomic mass is 9.73. The summed E-state index contributed by atoms with van der Waals surface area (Å²) in [7, 11) is 4.36. The molecule has 0 bridgehead atoms. The van der Waals surface area contributed by atoms with Gasteiger partial charge in [0.15, 0.2) is 0 Å². The Morgan fingerprint density at radius 3 is 2.22 bits per heavy atom. The molecule has 0 N–H and O–H groups in total. The first-order valence-corrected chi connectivity index (χ1v) is 6.94. The molecular formula is C16H24FN. The van der Waals surface area contributed by atoms with Gasteiger partial charge < -0.3 is 4.90 Å². The van der Waals surface area contributed by atoms with Gasteiger partial charge in [0.05, 0.1) is 0 Å². The molecule has 0 radical (unpaired) electrons. The van der Waals surface area contributed by atoms with E-state index in [0.717, 1.165) is 12.3 Å². The van der Waals surface area contributed by atoms with Gasteiger partial charge in [-0.2, -0.15) is 0 Å². The van der Waals surface area contributed by atoms with Crippen molar-refractivity contribution in [1.29, 1.82) is 0 Å². The lowest BCUT2D eigenvalue weighted by molar-refractivity contribution is 0.0830. The Balaban J connectivity index is 2.13. The molecule has 1 aromatic carbocycles. The Morgan fingerprint density at radius 2 is 1.72 bits per heavy atom. The van der Waals surface area contributed by atoms with E-state index in [2.05, 4.69) is 25.9 Å². The van der Waals surface area contributed by atoms with Crippen LogP contribution in [-0.2, 0) is 6.42 Å². The van der Waals surface area contributed by atoms with Crippen LogP contribution in [0.25, 0.3) is 0 Å². The Labute approximate surface area is 110 Å². The minimum absolute atomic E-state index is 0.144. The van der Waals surface area contributed by atoms with Gasteiger partial charge in [-0.15, -0.1) is 0 Å². The molecule has 1 aliphatic rings. The van der Waals surface area contributed by atoms with E-state index in [1.54, 1.807) is 12.1 Å². The predicted molar refractivity (Wildman–Crippen MR) is 74.2 cm³/mol. The molecule has 0 heterocycles. The van der Waals surface area contributed by atoms with Crippen LogP contribution in [0.3, 0.4) is 0 Å². The summed E-state index contributed by atoms with van der Waals surface area (Å²) in [5.74, 6) is 0.709. The summed E-state index contributed by atoms with van der Waals surface area (Å²) >= 11 is 0. The Morgan fingerprint density at radius 1 is 1.17 bits per heavy atom. The lowest BCUT2D eigenvalue weighted by Gasteiger charge is -2.45. The lowest BCUT2D eigenvalue weighted by Crippen LogP contribution is -2.48. The average molecular weight is 249 g/mol. The predicted octanol–water partition coefficient (Wildman–Crippen LogP) is 3.88. The largest absolute Gasteiger partial charge is 0.303 e. The van der Waals surface area contributed by atoms with Gasteiger partial charge in [-0.1, -0.05) is 19.1 Å². The van der Waals surface area contributed by atoms with Gasteiger partial charge in [-0.05, 0) is 69.8 Å². The number of benzene rings is 1. The van der Waals surface area contributed by atoms with Gasteiger partial charge in [-0.25, -0.2) is 4.39 Å². The zero-order valence-electron chi connectivity index (χ0n) is 11.7. The Kier molecular flexibility index (Phi) is 4.06. The summed E-state index contributed by atoms with van der Waals surface area (Å²) in [6, 6.07) is 7.01. The number of nitrogens with zero attached hydrogens (tertiary/aromatic N) is 1. The minimum atomic E-state index is -0.144. The highest BCUT2D eigenvalue weighted by Gasteiger charge is 2.36. The second kappa shape index (κ2) is 5.40. The zero-order chi connectivity index (χ0) is 13.2. The summed E-state index contributed by atoms with van der Waals surface area (Å²) in [5, 5.41) is 0. The van der Waals surface area contributed by atoms with Gasteiger partial charge in [0.25, 0.3) is 0 Å². The SMILES string of the molecule is CC1CCC(Cc2ccc(F)cc2)(N(C)C)CC1. The standard InChI is InChI=1S/C16H24FN/c1-13-8-10-16(11-9-13,18(2)3)12-14-4-6-15(17)7-5-14/h4-7,13H,8-12H2,1-3H3. The molecule has 1 aromatic rings. The molecule has 1 fully saturated rings. The van der Waals surface area contributed by atoms with Crippen LogP contribution in [-0.4, -0.2) is 24.5 Å². The van der Waals surface area contributed by atoms with Crippen molar-refractivity contribution in [1.82, 2.24) is 4.90 Å². The fraction of sp³-hybridized carbons (Fsp3) is 0.625. The maximum atomic E-state index is 13.0. The van der Waals surface area contributed by atoms with E-state index in [4.69, 9.17) is 0 Å². The topological polar surface area (TPSA) is 3.24 Å². The third-order valence-electron chi connectivity index (χ3n) is 4.60. The average Bonchev–Trinajstić information content (AvgIpc) is 2.35. The van der Waals surface area contributed by atoms with Crippen molar-refractivity contribution in [3.63, 3.8) is 0 Å². The number of rotatable bonds is 3. The van der Waals surface area contributed by atoms with Crippen LogP contribution >= 0.6 is 0 Å². The van der Waals surface area contributed by atoms with Gasteiger partial charge in [-0.3, -0.25) is 0 Å². The van der Waals surface area contributed by atoms with Crippen LogP contribution in [0.1, 0.15) is 38.2 Å². The molecule has 100 valence electrons. The highest BCUT2D eigenvalue weighted by molar-refractivity contribution is 5.19. The molecule has 0 spiro atoms. The maximum Gasteiger partial charge on any atom is 0.123 e. The summed E-state index contributed by atoms with van der Waals surface area (Å²) in [5.41, 5.74) is 1.52. The number of likely N-dealkylation sites (N-methyl/N-ethyl adjacent to an activating group) is 1. The highest BCUT2D eigenvalue weighted by atomic mass is 19.1. The quantitative estimate of drug-likeness (QED) is 0.786. The molecule has 1 nitrogen and oxygen atoms in total. The molecule has 0 atom stereocenters. The third-order valence-corrected chi connectivity index (χ3v) is 4.60. The van der Waals surface area contributed by atoms with Crippen LogP contribution in [0.2, 0.25) is 0 Å². The first kappa shape index (κ1) is 13.5. The summed E-state index contributed by atoms with van der Waals surface area (Å²) in [6.45, 7) is 2.34. The van der Waals surface area contributed by atoms with Gasteiger partial charge in [0.1, 0.15) is 5.82 Å². The highest BCUT2D eigenvalue weighted by Crippen LogP contribution is 2.37. The maximum absolute atomic E-state index is 13.0. The van der Waals surface area contributed by atoms with Gasteiger partial charge >= 0.3 is 0 Å². The van der Waals surface area contributed by atoms with E-state index >= 15 is 0 Å². The first-order valence-electron chi connectivity index (χ1n) is 6.94. The molecule has 0 aromatic heterocycles. The molecule has 0 amide bonds. The van der Waals surface area contributed by atoms with Gasteiger partial charge in [0, 0.05) is 5.54 Å². The van der Waals surface area contributed by atoms with E-state index in [0.29, 0.717) is 0 Å². The first-order chi connectivity index (χ1) is 8.52. The number of halogens is 1. The van der Waals surface area contributed by atoms with Crippen molar-refractivity contribution in [2.45, 2.75) is 44.6 Å². The van der Waals surface area contributed by atoms with E-state index in [1.165, 1.54) is 31.2 Å². The van der Waals surface area contributed by atoms with E-state index in [-0.39, 0.29) is 11.4 Å². The molecule has 1 aliphatic carbocycles. The van der Waals surface area contributed by atoms with Crippen molar-refractivity contribution in [2.75, 3.05) is 14.1 Å². The van der Waals surface area contributed by atoms with Crippen molar-refractivity contribution in [2.24, 2.45) is 5.92 Å². The van der Waals surface area contributed by atoms with Crippen molar-refractivity contribution >= 4 is 0 Å². The molecule has 0 aliphatic heterocycles. The molecule has 18 heavy (non-hydrogen) atoms. The second-order valence-electron chi connectivity index (χ2n) is 6.10. The van der Waals surface area contributed by atoms with Crippen molar-refractivity contribution < 1.29 is 4.39 Å². The summed E-state index contributed by atoms with van der Waals surface area (Å²) in [4.78, 5) is 2.38. The molecule has 0 unspecified atom stereocenters. The van der Waals surface area contributed by atoms with E-state index < -0.39 is 0 Å². The fourth-order valence-corrected chi connectivity index (χ4v) is 3.06. The molecule has 0 saturated heterocycles. The fourth-order valence-electron chi connectivity index (χ4n) is 3.06. The normalized spacial score (nSPS) is 28.6. The van der Waals surface area contributed by atoms with E-state index in [9.17, 15) is 4.39 Å². The Hall–Kier alpha value is -0.890. The second-order valence-corrected chi connectivity index (χ2v) is 6.10. The minimum Gasteiger partial charge on any atom is -0.303 e. The van der Waals surface area contributed by atoms with E-state index in [1.807, 2.05) is 12.1 Å². The zero-order valence-corrected chi connectivity index (χ0v) is 11.7. The molecule has 1 saturated carbocycles. The van der Waals surface area contributed by atoms with Crippen LogP contribution < -0.4 is 0 Å². The smallest absolute Gasteiger partial charge is 0.123 e. The van der Waals surface area contributed by atoms with Crippen LogP contribution in [0.4, 0.5) is 4.39 Å². The molecular weight excluding hydrogens is 225 g/mol. The van der Waals surface area contributed by atoms with Crippen LogP contribution in [0, 0.1) is 11.7 Å². The third kappa shape index (κ3) is 2.92. The van der Waals surface area contributed by atoms with Crippen molar-refractivity contribution in [3.05, 3.63) is 35.6 Å². The molecule has 2 rings (SSSR count). The van der Waals surface area contributed by atoms with Gasteiger partial charge in [0.2, 0.25) is 0 Å². The Bertz CT molecular complexity index is 375. The number of hydrogen-bond acceptors (Lipinski definition) is 1. The molecule has 2 heteroatoms. The van der Waals surface area contributed by atoms with Crippen LogP contribution in [0.15, 0.2) is 24.3 Å².